The number of hydrogen-bond donors (Lipinski definition) is 1. The highest BCUT2D eigenvalue weighted by Crippen LogP contribution is 2.32. The van der Waals surface area contributed by atoms with Gasteiger partial charge in [-0.25, -0.2) is 0 Å². The first-order chi connectivity index (χ1) is 14.3. The van der Waals surface area contributed by atoms with Gasteiger partial charge in [-0.15, -0.1) is 0 Å². The molecule has 0 bridgehead atoms. The number of rotatable bonds is 6. The number of amides is 3. The van der Waals surface area contributed by atoms with Crippen molar-refractivity contribution in [1.82, 2.24) is 4.90 Å². The molecule has 3 rings (SSSR count). The Hall–Kier alpha value is -2.28. The average Bonchev–Trinajstić information content (AvgIpc) is 3.10. The monoisotopic (exact) mass is 467 g/mol. The molecule has 1 N–H and O–H groups in total. The van der Waals surface area contributed by atoms with Gasteiger partial charge in [-0.1, -0.05) is 53.0 Å². The van der Waals surface area contributed by atoms with Crippen LogP contribution in [0, 0.1) is 5.92 Å². The molecule has 0 radical (unpaired) electrons. The van der Waals surface area contributed by atoms with Gasteiger partial charge in [0.05, 0.1) is 38.9 Å². The Morgan fingerprint density at radius 2 is 1.70 bits per heavy atom. The number of benzene rings is 2. The number of carbonyl (C=O) groups excluding carboxylic acids is 3. The normalized spacial score (nSPS) is 15.9. The van der Waals surface area contributed by atoms with Gasteiger partial charge in [-0.3, -0.25) is 14.4 Å². The van der Waals surface area contributed by atoms with Crippen LogP contribution in [-0.4, -0.2) is 42.3 Å². The van der Waals surface area contributed by atoms with Crippen LogP contribution in [0.3, 0.4) is 0 Å². The first-order valence-corrected chi connectivity index (χ1v) is 10.5. The molecule has 30 heavy (non-hydrogen) atoms. The minimum Gasteiger partial charge on any atom is -0.333 e. The van der Waals surface area contributed by atoms with Gasteiger partial charge in [0.2, 0.25) is 17.7 Å². The van der Waals surface area contributed by atoms with Crippen molar-refractivity contribution in [2.75, 3.05) is 29.9 Å². The molecule has 1 saturated heterocycles. The second-order valence-electron chi connectivity index (χ2n) is 6.85. The van der Waals surface area contributed by atoms with Crippen molar-refractivity contribution in [3.05, 3.63) is 57.5 Å². The fourth-order valence-electron chi connectivity index (χ4n) is 3.35. The maximum Gasteiger partial charge on any atom is 0.244 e. The standard InChI is InChI=1S/C21H20Cl3N3O3/c1-2-26(12-18(28)25-20-15(23)7-5-8-16(20)24)21(30)13-10-19(29)27(11-13)17-9-4-3-6-14(17)22/h3-9,13H,2,10-12H2,1H3,(H,25,28). The summed E-state index contributed by atoms with van der Waals surface area (Å²) in [5.41, 5.74) is 0.879. The van der Waals surface area contributed by atoms with E-state index in [0.717, 1.165) is 0 Å². The summed E-state index contributed by atoms with van der Waals surface area (Å²) in [4.78, 5) is 40.9. The first-order valence-electron chi connectivity index (χ1n) is 9.39. The summed E-state index contributed by atoms with van der Waals surface area (Å²) in [5, 5.41) is 3.71. The third-order valence-electron chi connectivity index (χ3n) is 4.87. The second kappa shape index (κ2) is 9.69. The number of anilines is 2. The molecule has 0 aliphatic carbocycles. The summed E-state index contributed by atoms with van der Waals surface area (Å²) < 4.78 is 0. The minimum absolute atomic E-state index is 0.0680. The Morgan fingerprint density at radius 3 is 2.33 bits per heavy atom. The van der Waals surface area contributed by atoms with Gasteiger partial charge in [-0.05, 0) is 31.2 Å². The van der Waals surface area contributed by atoms with Crippen LogP contribution in [0.4, 0.5) is 11.4 Å². The number of nitrogens with zero attached hydrogens (tertiary/aromatic N) is 2. The zero-order valence-electron chi connectivity index (χ0n) is 16.2. The molecule has 9 heteroatoms. The smallest absolute Gasteiger partial charge is 0.244 e. The van der Waals surface area contributed by atoms with Gasteiger partial charge in [-0.2, -0.15) is 0 Å². The van der Waals surface area contributed by atoms with Crippen LogP contribution in [-0.2, 0) is 14.4 Å². The summed E-state index contributed by atoms with van der Waals surface area (Å²) in [6.07, 6.45) is 0.0680. The van der Waals surface area contributed by atoms with Gasteiger partial charge >= 0.3 is 0 Å². The van der Waals surface area contributed by atoms with Crippen molar-refractivity contribution >= 4 is 63.9 Å². The summed E-state index contributed by atoms with van der Waals surface area (Å²) in [5.74, 6) is -1.41. The van der Waals surface area contributed by atoms with E-state index in [1.165, 1.54) is 9.80 Å². The van der Waals surface area contributed by atoms with Crippen LogP contribution in [0.5, 0.6) is 0 Å². The number of carbonyl (C=O) groups is 3. The SMILES string of the molecule is CCN(CC(=O)Nc1c(Cl)cccc1Cl)C(=O)C1CC(=O)N(c2ccccc2Cl)C1. The first kappa shape index (κ1) is 22.4. The Kier molecular flexibility index (Phi) is 7.23. The lowest BCUT2D eigenvalue weighted by Gasteiger charge is -2.24. The van der Waals surface area contributed by atoms with Crippen LogP contribution < -0.4 is 10.2 Å². The number of para-hydroxylation sites is 2. The molecule has 1 heterocycles. The molecule has 1 unspecified atom stereocenters. The van der Waals surface area contributed by atoms with Crippen molar-refractivity contribution in [2.45, 2.75) is 13.3 Å². The van der Waals surface area contributed by atoms with E-state index in [2.05, 4.69) is 5.32 Å². The molecular weight excluding hydrogens is 449 g/mol. The highest BCUT2D eigenvalue weighted by Gasteiger charge is 2.38. The molecule has 0 saturated carbocycles. The molecule has 1 atom stereocenters. The molecule has 6 nitrogen and oxygen atoms in total. The van der Waals surface area contributed by atoms with E-state index in [4.69, 9.17) is 34.8 Å². The van der Waals surface area contributed by atoms with Crippen LogP contribution in [0.2, 0.25) is 15.1 Å². The average molecular weight is 469 g/mol. The largest absolute Gasteiger partial charge is 0.333 e. The molecular formula is C21H20Cl3N3O3. The molecule has 1 aliphatic rings. The lowest BCUT2D eigenvalue weighted by molar-refractivity contribution is -0.138. The summed E-state index contributed by atoms with van der Waals surface area (Å²) >= 11 is 18.4. The fraction of sp³-hybridized carbons (Fsp3) is 0.286. The minimum atomic E-state index is -0.551. The molecule has 1 aliphatic heterocycles. The summed E-state index contributed by atoms with van der Waals surface area (Å²) in [6.45, 7) is 2.14. The Morgan fingerprint density at radius 1 is 1.07 bits per heavy atom. The molecule has 158 valence electrons. The van der Waals surface area contributed by atoms with E-state index >= 15 is 0 Å². The van der Waals surface area contributed by atoms with Gasteiger partial charge in [0.1, 0.15) is 0 Å². The van der Waals surface area contributed by atoms with Gasteiger partial charge in [0.25, 0.3) is 0 Å². The lowest BCUT2D eigenvalue weighted by Crippen LogP contribution is -2.42. The van der Waals surface area contributed by atoms with Crippen molar-refractivity contribution in [1.29, 1.82) is 0 Å². The van der Waals surface area contributed by atoms with E-state index in [1.54, 1.807) is 49.4 Å². The van der Waals surface area contributed by atoms with E-state index in [-0.39, 0.29) is 31.3 Å². The van der Waals surface area contributed by atoms with Crippen molar-refractivity contribution in [3.8, 4) is 0 Å². The zero-order chi connectivity index (χ0) is 21.8. The highest BCUT2D eigenvalue weighted by atomic mass is 35.5. The maximum absolute atomic E-state index is 13.0. The van der Waals surface area contributed by atoms with E-state index in [9.17, 15) is 14.4 Å². The van der Waals surface area contributed by atoms with Crippen molar-refractivity contribution in [2.24, 2.45) is 5.92 Å². The van der Waals surface area contributed by atoms with Crippen molar-refractivity contribution in [3.63, 3.8) is 0 Å². The molecule has 0 aromatic heterocycles. The maximum atomic E-state index is 13.0. The summed E-state index contributed by atoms with van der Waals surface area (Å²) in [6, 6.07) is 11.9. The molecule has 3 amide bonds. The Bertz CT molecular complexity index is 963. The third-order valence-corrected chi connectivity index (χ3v) is 5.82. The van der Waals surface area contributed by atoms with Crippen LogP contribution in [0.1, 0.15) is 13.3 Å². The van der Waals surface area contributed by atoms with Gasteiger partial charge < -0.3 is 15.1 Å². The van der Waals surface area contributed by atoms with Crippen LogP contribution in [0.15, 0.2) is 42.5 Å². The fourth-order valence-corrected chi connectivity index (χ4v) is 4.08. The number of hydrogen-bond acceptors (Lipinski definition) is 3. The lowest BCUT2D eigenvalue weighted by atomic mass is 10.1. The number of nitrogens with one attached hydrogen (secondary N) is 1. The quantitative estimate of drug-likeness (QED) is 0.679. The predicted molar refractivity (Wildman–Crippen MR) is 119 cm³/mol. The summed E-state index contributed by atoms with van der Waals surface area (Å²) in [7, 11) is 0. The van der Waals surface area contributed by atoms with E-state index < -0.39 is 11.8 Å². The van der Waals surface area contributed by atoms with E-state index in [1.807, 2.05) is 0 Å². The van der Waals surface area contributed by atoms with Gasteiger partial charge in [0.15, 0.2) is 0 Å². The zero-order valence-corrected chi connectivity index (χ0v) is 18.5. The Labute approximate surface area is 189 Å². The number of likely N-dealkylation sites (N-methyl/N-ethyl adjacent to an activating group) is 1. The molecule has 0 spiro atoms. The number of halogens is 3. The van der Waals surface area contributed by atoms with Crippen LogP contribution >= 0.6 is 34.8 Å². The third kappa shape index (κ3) is 4.89. The molecule has 1 fully saturated rings. The highest BCUT2D eigenvalue weighted by molar-refractivity contribution is 6.39. The molecule has 2 aromatic carbocycles. The predicted octanol–water partition coefficient (Wildman–Crippen LogP) is 4.49. The second-order valence-corrected chi connectivity index (χ2v) is 8.08. The Balaban J connectivity index is 1.67. The van der Waals surface area contributed by atoms with E-state index in [0.29, 0.717) is 33.0 Å². The van der Waals surface area contributed by atoms with Crippen LogP contribution in [0.25, 0.3) is 0 Å². The van der Waals surface area contributed by atoms with Crippen molar-refractivity contribution < 1.29 is 14.4 Å². The topological polar surface area (TPSA) is 69.7 Å². The molecule has 2 aromatic rings. The van der Waals surface area contributed by atoms with Gasteiger partial charge in [0, 0.05) is 19.5 Å².